The summed E-state index contributed by atoms with van der Waals surface area (Å²) in [4.78, 5) is 0. The van der Waals surface area contributed by atoms with Gasteiger partial charge in [0, 0.05) is 19.2 Å². The summed E-state index contributed by atoms with van der Waals surface area (Å²) in [6.07, 6.45) is 5.02. The van der Waals surface area contributed by atoms with E-state index in [2.05, 4.69) is 20.7 Å². The highest BCUT2D eigenvalue weighted by molar-refractivity contribution is 9.11. The van der Waals surface area contributed by atoms with Gasteiger partial charge < -0.3 is 10.5 Å². The number of rotatable bonds is 7. The number of nitrogens with two attached hydrogens (primary N) is 1. The van der Waals surface area contributed by atoms with Crippen LogP contribution in [0.1, 0.15) is 32.1 Å². The molecule has 120 valence electrons. The molecule has 3 N–H and O–H groups in total. The monoisotopic (exact) mass is 396 g/mol. The number of hydrogen-bond acceptors (Lipinski definition) is 5. The van der Waals surface area contributed by atoms with Gasteiger partial charge >= 0.3 is 0 Å². The average molecular weight is 397 g/mol. The van der Waals surface area contributed by atoms with Crippen molar-refractivity contribution in [1.29, 1.82) is 0 Å². The minimum Gasteiger partial charge on any atom is -0.378 e. The van der Waals surface area contributed by atoms with E-state index in [4.69, 9.17) is 10.5 Å². The van der Waals surface area contributed by atoms with Crippen molar-refractivity contribution in [3.63, 3.8) is 0 Å². The fourth-order valence-electron chi connectivity index (χ4n) is 2.30. The van der Waals surface area contributed by atoms with Gasteiger partial charge in [0.05, 0.1) is 9.89 Å². The van der Waals surface area contributed by atoms with Crippen LogP contribution < -0.4 is 10.5 Å². The van der Waals surface area contributed by atoms with E-state index >= 15 is 0 Å². The number of sulfonamides is 1. The second-order valence-corrected chi connectivity index (χ2v) is 9.67. The molecule has 0 amide bonds. The second kappa shape index (κ2) is 8.03. The maximum Gasteiger partial charge on any atom is 0.250 e. The lowest BCUT2D eigenvalue weighted by Gasteiger charge is -2.26. The third kappa shape index (κ3) is 5.61. The Bertz CT molecular complexity index is 539. The predicted octanol–water partition coefficient (Wildman–Crippen LogP) is 2.47. The lowest BCUT2D eigenvalue weighted by atomic mass is 9.94. The van der Waals surface area contributed by atoms with E-state index < -0.39 is 10.0 Å². The smallest absolute Gasteiger partial charge is 0.250 e. The fourth-order valence-corrected chi connectivity index (χ4v) is 5.43. The number of halogens is 1. The zero-order valence-electron chi connectivity index (χ0n) is 11.8. The van der Waals surface area contributed by atoms with Crippen LogP contribution >= 0.6 is 27.3 Å². The molecular weight excluding hydrogens is 376 g/mol. The number of ether oxygens (including phenoxy) is 1. The largest absolute Gasteiger partial charge is 0.378 e. The minimum absolute atomic E-state index is 0.287. The molecule has 1 heterocycles. The van der Waals surface area contributed by atoms with Crippen LogP contribution in [0.5, 0.6) is 0 Å². The molecule has 1 aromatic heterocycles. The summed E-state index contributed by atoms with van der Waals surface area (Å²) in [7, 11) is -3.39. The van der Waals surface area contributed by atoms with Gasteiger partial charge in [0.25, 0.3) is 0 Å². The second-order valence-electron chi connectivity index (χ2n) is 5.22. The molecule has 0 atom stereocenters. The maximum atomic E-state index is 12.0. The van der Waals surface area contributed by atoms with E-state index in [0.717, 1.165) is 29.5 Å². The molecule has 0 aromatic carbocycles. The molecule has 0 saturated heterocycles. The molecule has 5 nitrogen and oxygen atoms in total. The first-order chi connectivity index (χ1) is 9.97. The number of hydrogen-bond donors (Lipinski definition) is 2. The number of nitrogens with one attached hydrogen (secondary N) is 1. The first-order valence-electron chi connectivity index (χ1n) is 7.09. The van der Waals surface area contributed by atoms with Gasteiger partial charge in [-0.3, -0.25) is 0 Å². The molecule has 0 bridgehead atoms. The highest BCUT2D eigenvalue weighted by atomic mass is 79.9. The van der Waals surface area contributed by atoms with E-state index in [9.17, 15) is 8.42 Å². The number of thiophene rings is 1. The fraction of sp³-hybridized carbons (Fsp3) is 0.692. The van der Waals surface area contributed by atoms with E-state index in [-0.39, 0.29) is 6.10 Å². The van der Waals surface area contributed by atoms with E-state index in [1.165, 1.54) is 11.3 Å². The molecule has 1 saturated carbocycles. The average Bonchev–Trinajstić information content (AvgIpc) is 2.88. The summed E-state index contributed by atoms with van der Waals surface area (Å²) < 4.78 is 33.4. The highest BCUT2D eigenvalue weighted by Gasteiger charge is 2.19. The van der Waals surface area contributed by atoms with Gasteiger partial charge in [0.2, 0.25) is 10.0 Å². The molecule has 1 fully saturated rings. The van der Waals surface area contributed by atoms with Crippen LogP contribution in [0, 0.1) is 0 Å². The molecule has 0 radical (unpaired) electrons. The first kappa shape index (κ1) is 17.4. The SMILES string of the molecule is NC1CCC(OCCCNS(=O)(=O)c2ccc(Br)s2)CC1. The molecular formula is C13H21BrN2O3S2. The van der Waals surface area contributed by atoms with Crippen LogP contribution in [0.15, 0.2) is 20.1 Å². The summed E-state index contributed by atoms with van der Waals surface area (Å²) in [5.74, 6) is 0. The van der Waals surface area contributed by atoms with Gasteiger partial charge in [-0.15, -0.1) is 11.3 Å². The van der Waals surface area contributed by atoms with Gasteiger partial charge in [-0.2, -0.15) is 0 Å². The van der Waals surface area contributed by atoms with Crippen LogP contribution in [0.3, 0.4) is 0 Å². The van der Waals surface area contributed by atoms with Gasteiger partial charge in [-0.1, -0.05) is 0 Å². The Labute approximate surface area is 138 Å². The quantitative estimate of drug-likeness (QED) is 0.693. The van der Waals surface area contributed by atoms with Crippen molar-refractivity contribution in [2.24, 2.45) is 5.73 Å². The lowest BCUT2D eigenvalue weighted by molar-refractivity contribution is 0.0245. The van der Waals surface area contributed by atoms with Crippen molar-refractivity contribution in [1.82, 2.24) is 4.72 Å². The summed E-state index contributed by atoms with van der Waals surface area (Å²) in [5.41, 5.74) is 5.84. The molecule has 1 aliphatic carbocycles. The molecule has 2 rings (SSSR count). The Hall–Kier alpha value is 0.01000. The zero-order chi connectivity index (χ0) is 15.3. The Morgan fingerprint density at radius 1 is 1.33 bits per heavy atom. The van der Waals surface area contributed by atoms with Crippen LogP contribution in [-0.4, -0.2) is 33.7 Å². The van der Waals surface area contributed by atoms with Crippen LogP contribution in [-0.2, 0) is 14.8 Å². The van der Waals surface area contributed by atoms with Crippen molar-refractivity contribution in [2.45, 2.75) is 48.5 Å². The molecule has 8 heteroatoms. The molecule has 21 heavy (non-hydrogen) atoms. The van der Waals surface area contributed by atoms with E-state index in [1.807, 2.05) is 0 Å². The van der Waals surface area contributed by atoms with Crippen LogP contribution in [0.4, 0.5) is 0 Å². The van der Waals surface area contributed by atoms with Gasteiger partial charge in [0.15, 0.2) is 0 Å². The zero-order valence-corrected chi connectivity index (χ0v) is 15.0. The molecule has 1 aromatic rings. The van der Waals surface area contributed by atoms with Gasteiger partial charge in [0.1, 0.15) is 4.21 Å². The maximum absolute atomic E-state index is 12.0. The van der Waals surface area contributed by atoms with E-state index in [0.29, 0.717) is 29.8 Å². The van der Waals surface area contributed by atoms with Crippen LogP contribution in [0.2, 0.25) is 0 Å². The minimum atomic E-state index is -3.39. The van der Waals surface area contributed by atoms with Crippen molar-refractivity contribution in [3.8, 4) is 0 Å². The standard InChI is InChI=1S/C13H21BrN2O3S2/c14-12-6-7-13(20-12)21(17,18)16-8-1-9-19-11-4-2-10(15)3-5-11/h6-7,10-11,16H,1-5,8-9,15H2. The Morgan fingerprint density at radius 2 is 2.05 bits per heavy atom. The summed E-state index contributed by atoms with van der Waals surface area (Å²) in [6, 6.07) is 3.65. The van der Waals surface area contributed by atoms with Gasteiger partial charge in [-0.25, -0.2) is 13.1 Å². The Kier molecular flexibility index (Phi) is 6.64. The lowest BCUT2D eigenvalue weighted by Crippen LogP contribution is -2.31. The van der Waals surface area contributed by atoms with Crippen molar-refractivity contribution in [2.75, 3.05) is 13.2 Å². The Balaban J connectivity index is 1.63. The normalized spacial score (nSPS) is 23.3. The first-order valence-corrected chi connectivity index (χ1v) is 10.2. The summed E-state index contributed by atoms with van der Waals surface area (Å²) >= 11 is 4.47. The molecule has 0 aliphatic heterocycles. The van der Waals surface area contributed by atoms with Crippen molar-refractivity contribution in [3.05, 3.63) is 15.9 Å². The molecule has 0 unspecified atom stereocenters. The van der Waals surface area contributed by atoms with Crippen molar-refractivity contribution >= 4 is 37.3 Å². The summed E-state index contributed by atoms with van der Waals surface area (Å²) in [6.45, 7) is 0.973. The van der Waals surface area contributed by atoms with Crippen molar-refractivity contribution < 1.29 is 13.2 Å². The van der Waals surface area contributed by atoms with Crippen LogP contribution in [0.25, 0.3) is 0 Å². The Morgan fingerprint density at radius 3 is 2.67 bits per heavy atom. The van der Waals surface area contributed by atoms with E-state index in [1.54, 1.807) is 12.1 Å². The highest BCUT2D eigenvalue weighted by Crippen LogP contribution is 2.25. The molecule has 1 aliphatic rings. The van der Waals surface area contributed by atoms with Gasteiger partial charge in [-0.05, 0) is 60.2 Å². The predicted molar refractivity (Wildman–Crippen MR) is 88.0 cm³/mol. The molecule has 0 spiro atoms. The topological polar surface area (TPSA) is 81.4 Å². The summed E-state index contributed by atoms with van der Waals surface area (Å²) in [5, 5.41) is 0. The third-order valence-corrected chi connectivity index (χ3v) is 7.08. The third-order valence-electron chi connectivity index (χ3n) is 3.50.